The van der Waals surface area contributed by atoms with Crippen molar-refractivity contribution in [3.63, 3.8) is 0 Å². The van der Waals surface area contributed by atoms with Crippen molar-refractivity contribution in [3.05, 3.63) is 47.5 Å². The Morgan fingerprint density at radius 2 is 2.14 bits per heavy atom. The van der Waals surface area contributed by atoms with Crippen LogP contribution >= 0.6 is 11.6 Å². The van der Waals surface area contributed by atoms with E-state index in [1.807, 2.05) is 12.1 Å². The topological polar surface area (TPSA) is 70.0 Å². The molecule has 3 atom stereocenters. The first-order chi connectivity index (χ1) is 10.1. The maximum absolute atomic E-state index is 12.3. The Balaban J connectivity index is 2.01. The number of amides is 1. The molecule has 0 aliphatic heterocycles. The van der Waals surface area contributed by atoms with Crippen molar-refractivity contribution in [1.29, 1.82) is 5.26 Å². The van der Waals surface area contributed by atoms with Crippen molar-refractivity contribution in [2.75, 3.05) is 6.54 Å². The van der Waals surface area contributed by atoms with Gasteiger partial charge in [0.15, 0.2) is 11.7 Å². The summed E-state index contributed by atoms with van der Waals surface area (Å²) in [6, 6.07) is 9.09. The highest BCUT2D eigenvalue weighted by Gasteiger charge is 2.47. The van der Waals surface area contributed by atoms with Crippen molar-refractivity contribution >= 4 is 23.3 Å². The molecule has 21 heavy (non-hydrogen) atoms. The first-order valence-corrected chi connectivity index (χ1v) is 7.03. The third-order valence-electron chi connectivity index (χ3n) is 3.55. The van der Waals surface area contributed by atoms with E-state index in [0.29, 0.717) is 11.4 Å². The number of carbonyl (C=O) groups excluding carboxylic acids is 2. The molecule has 0 spiro atoms. The van der Waals surface area contributed by atoms with Gasteiger partial charge in [0.2, 0.25) is 5.91 Å². The third kappa shape index (κ3) is 3.50. The summed E-state index contributed by atoms with van der Waals surface area (Å²) in [6.45, 7) is 3.72. The largest absolute Gasteiger partial charge is 0.351 e. The molecule has 1 aromatic rings. The van der Waals surface area contributed by atoms with Crippen molar-refractivity contribution in [2.24, 2.45) is 11.8 Å². The molecular formula is C16H15ClN2O2. The summed E-state index contributed by atoms with van der Waals surface area (Å²) in [7, 11) is 0. The Labute approximate surface area is 128 Å². The summed E-state index contributed by atoms with van der Waals surface area (Å²) in [5.41, 5.74) is 1.01. The molecule has 5 heteroatoms. The second-order valence-corrected chi connectivity index (χ2v) is 5.43. The molecule has 1 aromatic carbocycles. The number of halogens is 1. The van der Waals surface area contributed by atoms with Gasteiger partial charge in [-0.1, -0.05) is 29.8 Å². The van der Waals surface area contributed by atoms with Gasteiger partial charge in [-0.3, -0.25) is 9.59 Å². The number of ketones is 1. The fourth-order valence-electron chi connectivity index (χ4n) is 2.33. The number of carbonyl (C=O) groups is 2. The lowest BCUT2D eigenvalue weighted by Gasteiger charge is -2.08. The van der Waals surface area contributed by atoms with E-state index < -0.39 is 11.8 Å². The number of benzene rings is 1. The molecule has 0 bridgehead atoms. The van der Waals surface area contributed by atoms with Crippen LogP contribution in [0.15, 0.2) is 36.9 Å². The van der Waals surface area contributed by atoms with Crippen LogP contribution in [0.1, 0.15) is 17.9 Å². The molecule has 0 saturated heterocycles. The monoisotopic (exact) mass is 302 g/mol. The smallest absolute Gasteiger partial charge is 0.245 e. The Morgan fingerprint density at radius 1 is 1.48 bits per heavy atom. The summed E-state index contributed by atoms with van der Waals surface area (Å²) in [6.07, 6.45) is 2.18. The highest BCUT2D eigenvalue weighted by Crippen LogP contribution is 2.49. The minimum atomic E-state index is -1.24. The Hall–Kier alpha value is -2.12. The molecule has 108 valence electrons. The van der Waals surface area contributed by atoms with E-state index in [4.69, 9.17) is 16.9 Å². The molecule has 1 aliphatic carbocycles. The summed E-state index contributed by atoms with van der Waals surface area (Å²) in [5.74, 6) is -2.28. The maximum atomic E-state index is 12.3. The predicted molar refractivity (Wildman–Crippen MR) is 79.6 cm³/mol. The molecule has 1 N–H and O–H groups in total. The minimum Gasteiger partial charge on any atom is -0.351 e. The van der Waals surface area contributed by atoms with Gasteiger partial charge in [0, 0.05) is 17.5 Å². The van der Waals surface area contributed by atoms with Crippen molar-refractivity contribution in [3.8, 4) is 6.07 Å². The second-order valence-electron chi connectivity index (χ2n) is 5.00. The fraction of sp³-hybridized carbons (Fsp3) is 0.312. The molecule has 0 heterocycles. The van der Waals surface area contributed by atoms with E-state index in [-0.39, 0.29) is 24.2 Å². The number of nitriles is 1. The van der Waals surface area contributed by atoms with E-state index in [0.717, 1.165) is 5.56 Å². The van der Waals surface area contributed by atoms with Crippen LogP contribution in [-0.2, 0) is 9.59 Å². The van der Waals surface area contributed by atoms with Crippen LogP contribution in [0, 0.1) is 23.2 Å². The van der Waals surface area contributed by atoms with Crippen molar-refractivity contribution < 1.29 is 9.59 Å². The van der Waals surface area contributed by atoms with Gasteiger partial charge in [-0.2, -0.15) is 5.26 Å². The summed E-state index contributed by atoms with van der Waals surface area (Å²) < 4.78 is 0. The fourth-order valence-corrected chi connectivity index (χ4v) is 2.45. The molecule has 4 nitrogen and oxygen atoms in total. The van der Waals surface area contributed by atoms with Gasteiger partial charge in [0.1, 0.15) is 0 Å². The minimum absolute atomic E-state index is 0.0813. The average Bonchev–Trinajstić information content (AvgIpc) is 3.27. The number of hydrogen-bond donors (Lipinski definition) is 1. The number of nitrogens with one attached hydrogen (secondary N) is 1. The molecule has 1 aliphatic rings. The van der Waals surface area contributed by atoms with Gasteiger partial charge in [0.25, 0.3) is 0 Å². The van der Waals surface area contributed by atoms with Gasteiger partial charge in [-0.15, -0.1) is 6.58 Å². The van der Waals surface area contributed by atoms with Crippen LogP contribution < -0.4 is 5.32 Å². The number of Topliss-reactive ketones (excluding diaryl/α,β-unsaturated/α-hetero) is 1. The van der Waals surface area contributed by atoms with Gasteiger partial charge in [-0.05, 0) is 30.0 Å². The Morgan fingerprint density at radius 3 is 2.71 bits per heavy atom. The zero-order valence-corrected chi connectivity index (χ0v) is 12.1. The zero-order chi connectivity index (χ0) is 15.4. The lowest BCUT2D eigenvalue weighted by Crippen LogP contribution is -2.35. The lowest BCUT2D eigenvalue weighted by atomic mass is 9.98. The van der Waals surface area contributed by atoms with Crippen LogP contribution in [0.3, 0.4) is 0 Å². The molecule has 0 radical (unpaired) electrons. The lowest BCUT2D eigenvalue weighted by molar-refractivity contribution is -0.132. The highest BCUT2D eigenvalue weighted by molar-refractivity contribution is 6.30. The molecule has 0 unspecified atom stereocenters. The number of nitrogens with zero attached hydrogens (tertiary/aromatic N) is 1. The zero-order valence-electron chi connectivity index (χ0n) is 11.4. The number of rotatable bonds is 6. The molecular weight excluding hydrogens is 288 g/mol. The summed E-state index contributed by atoms with van der Waals surface area (Å²) in [4.78, 5) is 24.0. The predicted octanol–water partition coefficient (Wildman–Crippen LogP) is 2.45. The second kappa shape index (κ2) is 6.55. The van der Waals surface area contributed by atoms with E-state index in [1.165, 1.54) is 6.08 Å². The standard InChI is InChI=1S/C16H15ClN2O2/c1-2-7-19-16(21)14(9-18)15(20)13-8-12(13)10-3-5-11(17)6-4-10/h2-6,12-14H,1,7-8H2,(H,19,21)/t12-,13-,14-/m1/s1. The first-order valence-electron chi connectivity index (χ1n) is 6.66. The highest BCUT2D eigenvalue weighted by atomic mass is 35.5. The SMILES string of the molecule is C=CCNC(=O)[C@H](C#N)C(=O)[C@@H]1C[C@@H]1c1ccc(Cl)cc1. The van der Waals surface area contributed by atoms with Crippen LogP contribution in [0.5, 0.6) is 0 Å². The summed E-state index contributed by atoms with van der Waals surface area (Å²) in [5, 5.41) is 12.2. The van der Waals surface area contributed by atoms with Crippen LogP contribution in [0.25, 0.3) is 0 Å². The van der Waals surface area contributed by atoms with Gasteiger partial charge < -0.3 is 5.32 Å². The molecule has 1 saturated carbocycles. The van der Waals surface area contributed by atoms with Crippen LogP contribution in [0.2, 0.25) is 5.02 Å². The van der Waals surface area contributed by atoms with Gasteiger partial charge in [0.05, 0.1) is 6.07 Å². The maximum Gasteiger partial charge on any atom is 0.245 e. The van der Waals surface area contributed by atoms with E-state index >= 15 is 0 Å². The van der Waals surface area contributed by atoms with E-state index in [9.17, 15) is 9.59 Å². The Kier molecular flexibility index (Phi) is 4.77. The molecule has 1 amide bonds. The van der Waals surface area contributed by atoms with E-state index in [2.05, 4.69) is 11.9 Å². The van der Waals surface area contributed by atoms with Gasteiger partial charge >= 0.3 is 0 Å². The Bertz CT molecular complexity index is 604. The number of hydrogen-bond acceptors (Lipinski definition) is 3. The summed E-state index contributed by atoms with van der Waals surface area (Å²) >= 11 is 5.83. The third-order valence-corrected chi connectivity index (χ3v) is 3.80. The van der Waals surface area contributed by atoms with Crippen LogP contribution in [-0.4, -0.2) is 18.2 Å². The molecule has 2 rings (SSSR count). The van der Waals surface area contributed by atoms with E-state index in [1.54, 1.807) is 18.2 Å². The van der Waals surface area contributed by atoms with Gasteiger partial charge in [-0.25, -0.2) is 0 Å². The normalized spacial score (nSPS) is 21.0. The average molecular weight is 303 g/mol. The van der Waals surface area contributed by atoms with Crippen LogP contribution in [0.4, 0.5) is 0 Å². The quantitative estimate of drug-likeness (QED) is 0.648. The van der Waals surface area contributed by atoms with Crippen molar-refractivity contribution in [2.45, 2.75) is 12.3 Å². The van der Waals surface area contributed by atoms with Crippen molar-refractivity contribution in [1.82, 2.24) is 5.32 Å². The first kappa shape index (κ1) is 15.3. The molecule has 1 fully saturated rings. The molecule has 0 aromatic heterocycles.